The largest absolute Gasteiger partial charge is 0.343 e. The number of imidazole rings is 1. The molecule has 0 spiro atoms. The van der Waals surface area contributed by atoms with Crippen molar-refractivity contribution in [2.75, 3.05) is 39.3 Å². The molecule has 1 aromatic carbocycles. The van der Waals surface area contributed by atoms with Crippen LogP contribution in [0.2, 0.25) is 0 Å². The maximum atomic E-state index is 12.3. The van der Waals surface area contributed by atoms with Gasteiger partial charge >= 0.3 is 5.69 Å². The molecule has 0 radical (unpaired) electrons. The summed E-state index contributed by atoms with van der Waals surface area (Å²) in [6.45, 7) is 9.38. The molecule has 0 aliphatic carbocycles. The third kappa shape index (κ3) is 6.25. The number of carbonyl (C=O) groups is 2. The zero-order chi connectivity index (χ0) is 23.8. The van der Waals surface area contributed by atoms with E-state index in [1.807, 2.05) is 45.7 Å². The summed E-state index contributed by atoms with van der Waals surface area (Å²) in [6, 6.07) is 8.16. The second-order valence-electron chi connectivity index (χ2n) is 9.01. The van der Waals surface area contributed by atoms with Crippen LogP contribution in [0.5, 0.6) is 0 Å². The summed E-state index contributed by atoms with van der Waals surface area (Å²) >= 11 is 0. The lowest BCUT2D eigenvalue weighted by molar-refractivity contribution is -0.132. The van der Waals surface area contributed by atoms with Crippen LogP contribution in [0.1, 0.15) is 58.4 Å². The van der Waals surface area contributed by atoms with Gasteiger partial charge in [-0.2, -0.15) is 0 Å². The standard InChI is InChI=1S/C14H21N3O.C11H18N2O2/c1-4-15-10-9-11(2)17-13-8-6-5-7-12(13)16(3)14(17)18;14-10-4-3-8-13(10)9-5-11(15)12-6-1-2-7-12/h5-8,11,15H,4,9-10H2,1-3H3;1-9H2. The van der Waals surface area contributed by atoms with Crippen LogP contribution in [0, 0.1) is 0 Å². The van der Waals surface area contributed by atoms with E-state index in [0.717, 1.165) is 69.4 Å². The molecule has 1 unspecified atom stereocenters. The number of hydrogen-bond donors (Lipinski definition) is 1. The number of nitrogens with zero attached hydrogens (tertiary/aromatic N) is 4. The minimum atomic E-state index is 0.0696. The predicted molar refractivity (Wildman–Crippen MR) is 131 cm³/mol. The van der Waals surface area contributed by atoms with Gasteiger partial charge in [-0.25, -0.2) is 4.79 Å². The van der Waals surface area contributed by atoms with Crippen LogP contribution >= 0.6 is 0 Å². The molecule has 2 aliphatic rings. The van der Waals surface area contributed by atoms with E-state index in [4.69, 9.17) is 0 Å². The van der Waals surface area contributed by atoms with E-state index in [2.05, 4.69) is 19.2 Å². The number of aryl methyl sites for hydroxylation is 1. The first-order chi connectivity index (χ1) is 15.9. The van der Waals surface area contributed by atoms with Gasteiger partial charge in [0.15, 0.2) is 0 Å². The summed E-state index contributed by atoms with van der Waals surface area (Å²) in [6.07, 6.45) is 5.35. The van der Waals surface area contributed by atoms with Gasteiger partial charge in [0.1, 0.15) is 0 Å². The van der Waals surface area contributed by atoms with Crippen LogP contribution in [0.3, 0.4) is 0 Å². The lowest BCUT2D eigenvalue weighted by atomic mass is 10.2. The molecule has 0 saturated carbocycles. The molecule has 3 heterocycles. The molecule has 33 heavy (non-hydrogen) atoms. The van der Waals surface area contributed by atoms with Gasteiger partial charge in [0, 0.05) is 52.1 Å². The Morgan fingerprint density at radius 3 is 2.39 bits per heavy atom. The number of aromatic nitrogens is 2. The van der Waals surface area contributed by atoms with Crippen LogP contribution in [0.4, 0.5) is 0 Å². The third-order valence-corrected chi connectivity index (χ3v) is 6.65. The lowest BCUT2D eigenvalue weighted by Gasteiger charge is -2.19. The second kappa shape index (κ2) is 12.0. The van der Waals surface area contributed by atoms with Crippen molar-refractivity contribution in [3.8, 4) is 0 Å². The summed E-state index contributed by atoms with van der Waals surface area (Å²) in [5, 5.41) is 3.30. The predicted octanol–water partition coefficient (Wildman–Crippen LogP) is 2.52. The Balaban J connectivity index is 0.000000189. The van der Waals surface area contributed by atoms with Crippen molar-refractivity contribution in [3.63, 3.8) is 0 Å². The molecule has 1 aromatic heterocycles. The van der Waals surface area contributed by atoms with E-state index in [1.165, 1.54) is 0 Å². The number of nitrogens with one attached hydrogen (secondary N) is 1. The van der Waals surface area contributed by atoms with Gasteiger partial charge in [-0.3, -0.25) is 18.7 Å². The third-order valence-electron chi connectivity index (χ3n) is 6.65. The highest BCUT2D eigenvalue weighted by Crippen LogP contribution is 2.18. The van der Waals surface area contributed by atoms with Gasteiger partial charge < -0.3 is 15.1 Å². The topological polar surface area (TPSA) is 79.6 Å². The molecule has 8 nitrogen and oxygen atoms in total. The van der Waals surface area contributed by atoms with Gasteiger partial charge in [0.2, 0.25) is 11.8 Å². The fourth-order valence-corrected chi connectivity index (χ4v) is 4.66. The maximum Gasteiger partial charge on any atom is 0.329 e. The van der Waals surface area contributed by atoms with Crippen LogP contribution in [0.15, 0.2) is 29.1 Å². The molecule has 2 aromatic rings. The summed E-state index contributed by atoms with van der Waals surface area (Å²) in [4.78, 5) is 39.0. The Morgan fingerprint density at radius 2 is 1.76 bits per heavy atom. The molecule has 2 amide bonds. The van der Waals surface area contributed by atoms with Crippen molar-refractivity contribution >= 4 is 22.8 Å². The highest BCUT2D eigenvalue weighted by atomic mass is 16.2. The quantitative estimate of drug-likeness (QED) is 0.618. The summed E-state index contributed by atoms with van der Waals surface area (Å²) in [7, 11) is 1.83. The number of para-hydroxylation sites is 2. The first-order valence-electron chi connectivity index (χ1n) is 12.4. The molecule has 1 N–H and O–H groups in total. The van der Waals surface area contributed by atoms with Crippen molar-refractivity contribution in [2.45, 2.75) is 58.4 Å². The monoisotopic (exact) mass is 457 g/mol. The van der Waals surface area contributed by atoms with Crippen molar-refractivity contribution in [1.82, 2.24) is 24.3 Å². The average molecular weight is 458 g/mol. The van der Waals surface area contributed by atoms with E-state index < -0.39 is 0 Å². The van der Waals surface area contributed by atoms with Crippen LogP contribution in [-0.4, -0.2) is 70.0 Å². The normalized spacial score (nSPS) is 16.9. The molecule has 1 atom stereocenters. The molecule has 4 rings (SSSR count). The van der Waals surface area contributed by atoms with Crippen molar-refractivity contribution < 1.29 is 9.59 Å². The van der Waals surface area contributed by atoms with Crippen molar-refractivity contribution in [2.24, 2.45) is 7.05 Å². The molecule has 0 bridgehead atoms. The smallest absolute Gasteiger partial charge is 0.329 e. The van der Waals surface area contributed by atoms with Crippen LogP contribution < -0.4 is 11.0 Å². The van der Waals surface area contributed by atoms with E-state index >= 15 is 0 Å². The lowest BCUT2D eigenvalue weighted by Crippen LogP contribution is -2.33. The maximum absolute atomic E-state index is 12.3. The van der Waals surface area contributed by atoms with Gasteiger partial charge in [0.25, 0.3) is 0 Å². The first kappa shape index (κ1) is 25.0. The summed E-state index contributed by atoms with van der Waals surface area (Å²) in [5.41, 5.74) is 2.09. The number of carbonyl (C=O) groups excluding carboxylic acids is 2. The fourth-order valence-electron chi connectivity index (χ4n) is 4.66. The molecule has 2 saturated heterocycles. The number of likely N-dealkylation sites (tertiary alicyclic amines) is 2. The van der Waals surface area contributed by atoms with E-state index in [1.54, 1.807) is 4.57 Å². The zero-order valence-electron chi connectivity index (χ0n) is 20.4. The Labute approximate surface area is 196 Å². The van der Waals surface area contributed by atoms with Crippen LogP contribution in [-0.2, 0) is 16.6 Å². The molecule has 182 valence electrons. The number of amides is 2. The number of hydrogen-bond acceptors (Lipinski definition) is 4. The zero-order valence-corrected chi connectivity index (χ0v) is 20.4. The van der Waals surface area contributed by atoms with Gasteiger partial charge in [-0.05, 0) is 57.8 Å². The second-order valence-corrected chi connectivity index (χ2v) is 9.01. The highest BCUT2D eigenvalue weighted by Gasteiger charge is 2.23. The minimum Gasteiger partial charge on any atom is -0.343 e. The Kier molecular flexibility index (Phi) is 9.11. The number of fused-ring (bicyclic) bond motifs is 1. The number of rotatable bonds is 8. The average Bonchev–Trinajstić information content (AvgIpc) is 3.54. The SMILES string of the molecule is CCNCCC(C)n1c(=O)n(C)c2ccccc21.O=C(CCN1CCCC1=O)N1CCCC1. The minimum absolute atomic E-state index is 0.0696. The van der Waals surface area contributed by atoms with E-state index in [-0.39, 0.29) is 23.5 Å². The Bertz CT molecular complexity index is 990. The first-order valence-corrected chi connectivity index (χ1v) is 12.4. The molecule has 2 aliphatic heterocycles. The molecular formula is C25H39N5O3. The Hall–Kier alpha value is -2.61. The molecule has 8 heteroatoms. The highest BCUT2D eigenvalue weighted by molar-refractivity contribution is 5.80. The van der Waals surface area contributed by atoms with E-state index in [0.29, 0.717) is 19.4 Å². The summed E-state index contributed by atoms with van der Waals surface area (Å²) in [5.74, 6) is 0.427. The van der Waals surface area contributed by atoms with Gasteiger partial charge in [-0.15, -0.1) is 0 Å². The number of benzene rings is 1. The van der Waals surface area contributed by atoms with Crippen LogP contribution in [0.25, 0.3) is 11.0 Å². The van der Waals surface area contributed by atoms with E-state index in [9.17, 15) is 14.4 Å². The summed E-state index contributed by atoms with van der Waals surface area (Å²) < 4.78 is 3.62. The van der Waals surface area contributed by atoms with Gasteiger partial charge in [0.05, 0.1) is 11.0 Å². The molecular weight excluding hydrogens is 418 g/mol. The fraction of sp³-hybridized carbons (Fsp3) is 0.640. The van der Waals surface area contributed by atoms with Gasteiger partial charge in [-0.1, -0.05) is 19.1 Å². The molecule has 2 fully saturated rings. The van der Waals surface area contributed by atoms with Crippen molar-refractivity contribution in [1.29, 1.82) is 0 Å². The van der Waals surface area contributed by atoms with Crippen molar-refractivity contribution in [3.05, 3.63) is 34.7 Å². The Morgan fingerprint density at radius 1 is 1.06 bits per heavy atom.